The molecule has 0 aromatic heterocycles. The van der Waals surface area contributed by atoms with E-state index in [1.807, 2.05) is 44.2 Å². The van der Waals surface area contributed by atoms with Gasteiger partial charge in [0.15, 0.2) is 5.76 Å². The molecule has 0 saturated carbocycles. The molecule has 0 atom stereocenters. The van der Waals surface area contributed by atoms with Gasteiger partial charge in [0, 0.05) is 0 Å². The Kier molecular flexibility index (Phi) is 4.32. The molecule has 0 aliphatic carbocycles. The van der Waals surface area contributed by atoms with Gasteiger partial charge in [0.25, 0.3) is 0 Å². The van der Waals surface area contributed by atoms with Crippen LogP contribution in [0, 0.1) is 0 Å². The lowest BCUT2D eigenvalue weighted by Gasteiger charge is -2.27. The maximum absolute atomic E-state index is 11.4. The standard InChI is InChI=1S/C14H18O3/c1-5-16-13(15)11(2)17-14(3,4)12-9-7-6-8-10-12/h6-10H,2,5H2,1,3-4H3. The molecule has 0 heterocycles. The summed E-state index contributed by atoms with van der Waals surface area (Å²) in [6.45, 7) is 9.41. The van der Waals surface area contributed by atoms with E-state index >= 15 is 0 Å². The zero-order valence-corrected chi connectivity index (χ0v) is 10.5. The normalized spacial score (nSPS) is 10.8. The second kappa shape index (κ2) is 5.53. The second-order valence-electron chi connectivity index (χ2n) is 4.12. The molecular weight excluding hydrogens is 216 g/mol. The molecule has 3 nitrogen and oxygen atoms in total. The van der Waals surface area contributed by atoms with Gasteiger partial charge in [-0.2, -0.15) is 0 Å². The Morgan fingerprint density at radius 2 is 1.88 bits per heavy atom. The maximum atomic E-state index is 11.4. The lowest BCUT2D eigenvalue weighted by atomic mass is 9.98. The van der Waals surface area contributed by atoms with Crippen molar-refractivity contribution < 1.29 is 14.3 Å². The first-order valence-electron chi connectivity index (χ1n) is 5.58. The van der Waals surface area contributed by atoms with E-state index in [2.05, 4.69) is 6.58 Å². The first-order valence-corrected chi connectivity index (χ1v) is 5.58. The monoisotopic (exact) mass is 234 g/mol. The van der Waals surface area contributed by atoms with Gasteiger partial charge in [-0.1, -0.05) is 30.3 Å². The molecule has 0 bridgehead atoms. The SMILES string of the molecule is C=C(OC(C)(C)c1ccccc1)C(=O)OCC. The summed E-state index contributed by atoms with van der Waals surface area (Å²) in [5.74, 6) is -0.489. The summed E-state index contributed by atoms with van der Waals surface area (Å²) >= 11 is 0. The average molecular weight is 234 g/mol. The smallest absolute Gasteiger partial charge is 0.372 e. The fraction of sp³-hybridized carbons (Fsp3) is 0.357. The van der Waals surface area contributed by atoms with Crippen molar-refractivity contribution in [1.82, 2.24) is 0 Å². The molecule has 0 radical (unpaired) electrons. The Morgan fingerprint density at radius 1 is 1.29 bits per heavy atom. The van der Waals surface area contributed by atoms with Gasteiger partial charge in [0.05, 0.1) is 6.61 Å². The van der Waals surface area contributed by atoms with Crippen molar-refractivity contribution in [3.05, 3.63) is 48.2 Å². The Hall–Kier alpha value is -1.77. The van der Waals surface area contributed by atoms with Gasteiger partial charge in [-0.3, -0.25) is 0 Å². The van der Waals surface area contributed by atoms with Crippen LogP contribution in [0.5, 0.6) is 0 Å². The number of benzene rings is 1. The van der Waals surface area contributed by atoms with Crippen molar-refractivity contribution in [3.63, 3.8) is 0 Å². The summed E-state index contributed by atoms with van der Waals surface area (Å²) in [6.07, 6.45) is 0. The second-order valence-corrected chi connectivity index (χ2v) is 4.12. The van der Waals surface area contributed by atoms with Crippen LogP contribution in [0.25, 0.3) is 0 Å². The molecule has 0 aliphatic heterocycles. The number of hydrogen-bond donors (Lipinski definition) is 0. The molecule has 0 aliphatic rings. The summed E-state index contributed by atoms with van der Waals surface area (Å²) < 4.78 is 10.4. The highest BCUT2D eigenvalue weighted by Crippen LogP contribution is 2.26. The van der Waals surface area contributed by atoms with E-state index in [4.69, 9.17) is 9.47 Å². The molecule has 0 fully saturated rings. The zero-order chi connectivity index (χ0) is 12.9. The molecule has 92 valence electrons. The first kappa shape index (κ1) is 13.3. The van der Waals surface area contributed by atoms with Gasteiger partial charge in [-0.15, -0.1) is 0 Å². The van der Waals surface area contributed by atoms with Gasteiger partial charge in [-0.05, 0) is 32.9 Å². The van der Waals surface area contributed by atoms with Crippen LogP contribution < -0.4 is 0 Å². The van der Waals surface area contributed by atoms with Crippen molar-refractivity contribution in [1.29, 1.82) is 0 Å². The molecule has 0 N–H and O–H groups in total. The van der Waals surface area contributed by atoms with E-state index in [1.54, 1.807) is 6.92 Å². The van der Waals surface area contributed by atoms with Crippen molar-refractivity contribution in [3.8, 4) is 0 Å². The predicted octanol–water partition coefficient (Wildman–Crippen LogP) is 3.02. The summed E-state index contributed by atoms with van der Waals surface area (Å²) in [5.41, 5.74) is 0.371. The molecule has 0 spiro atoms. The molecule has 0 amide bonds. The highest BCUT2D eigenvalue weighted by Gasteiger charge is 2.25. The number of hydrogen-bond acceptors (Lipinski definition) is 3. The van der Waals surface area contributed by atoms with Gasteiger partial charge < -0.3 is 9.47 Å². The van der Waals surface area contributed by atoms with E-state index in [-0.39, 0.29) is 5.76 Å². The Bertz CT molecular complexity index is 393. The van der Waals surface area contributed by atoms with E-state index < -0.39 is 11.6 Å². The van der Waals surface area contributed by atoms with Crippen molar-refractivity contribution >= 4 is 5.97 Å². The minimum atomic E-state index is -0.606. The topological polar surface area (TPSA) is 35.5 Å². The molecule has 1 rings (SSSR count). The van der Waals surface area contributed by atoms with Gasteiger partial charge in [0.1, 0.15) is 5.60 Å². The van der Waals surface area contributed by atoms with Crippen molar-refractivity contribution in [2.75, 3.05) is 6.61 Å². The lowest BCUT2D eigenvalue weighted by molar-refractivity contribution is -0.145. The van der Waals surface area contributed by atoms with Crippen molar-refractivity contribution in [2.45, 2.75) is 26.4 Å². The van der Waals surface area contributed by atoms with Crippen LogP contribution in [0.4, 0.5) is 0 Å². The van der Waals surface area contributed by atoms with Crippen LogP contribution in [0.1, 0.15) is 26.3 Å². The van der Waals surface area contributed by atoms with Gasteiger partial charge in [0.2, 0.25) is 0 Å². The summed E-state index contributed by atoms with van der Waals surface area (Å²) in [4.78, 5) is 11.4. The fourth-order valence-corrected chi connectivity index (χ4v) is 1.46. The lowest BCUT2D eigenvalue weighted by Crippen LogP contribution is -2.24. The molecule has 17 heavy (non-hydrogen) atoms. The minimum absolute atomic E-state index is 0.0284. The number of ether oxygens (including phenoxy) is 2. The van der Waals surface area contributed by atoms with E-state index in [1.165, 1.54) is 0 Å². The van der Waals surface area contributed by atoms with Gasteiger partial charge in [-0.25, -0.2) is 4.79 Å². The van der Waals surface area contributed by atoms with Gasteiger partial charge >= 0.3 is 5.97 Å². The molecule has 0 saturated heterocycles. The molecule has 1 aromatic carbocycles. The first-order chi connectivity index (χ1) is 7.97. The highest BCUT2D eigenvalue weighted by molar-refractivity contribution is 5.85. The Balaban J connectivity index is 2.73. The zero-order valence-electron chi connectivity index (χ0n) is 10.5. The maximum Gasteiger partial charge on any atom is 0.372 e. The molecule has 3 heteroatoms. The van der Waals surface area contributed by atoms with Crippen LogP contribution in [-0.4, -0.2) is 12.6 Å². The predicted molar refractivity (Wildman–Crippen MR) is 66.3 cm³/mol. The number of rotatable bonds is 5. The average Bonchev–Trinajstić information content (AvgIpc) is 2.30. The molecular formula is C14H18O3. The van der Waals surface area contributed by atoms with Crippen LogP contribution in [0.15, 0.2) is 42.7 Å². The Labute approximate surface area is 102 Å². The minimum Gasteiger partial charge on any atom is -0.476 e. The van der Waals surface area contributed by atoms with Crippen LogP contribution in [0.3, 0.4) is 0 Å². The number of esters is 1. The number of carbonyl (C=O) groups excluding carboxylic acids is 1. The largest absolute Gasteiger partial charge is 0.476 e. The molecule has 1 aromatic rings. The van der Waals surface area contributed by atoms with Crippen LogP contribution in [-0.2, 0) is 19.9 Å². The molecule has 0 unspecified atom stereocenters. The summed E-state index contributed by atoms with van der Waals surface area (Å²) in [5, 5.41) is 0. The third kappa shape index (κ3) is 3.63. The van der Waals surface area contributed by atoms with Crippen LogP contribution in [0.2, 0.25) is 0 Å². The summed E-state index contributed by atoms with van der Waals surface area (Å²) in [7, 11) is 0. The fourth-order valence-electron chi connectivity index (χ4n) is 1.46. The van der Waals surface area contributed by atoms with Crippen molar-refractivity contribution in [2.24, 2.45) is 0 Å². The van der Waals surface area contributed by atoms with E-state index in [0.29, 0.717) is 6.61 Å². The summed E-state index contributed by atoms with van der Waals surface area (Å²) in [6, 6.07) is 9.66. The highest BCUT2D eigenvalue weighted by atomic mass is 16.6. The van der Waals surface area contributed by atoms with E-state index in [0.717, 1.165) is 5.56 Å². The number of carbonyl (C=O) groups is 1. The third-order valence-electron chi connectivity index (χ3n) is 2.35. The third-order valence-corrected chi connectivity index (χ3v) is 2.35. The van der Waals surface area contributed by atoms with Crippen LogP contribution >= 0.6 is 0 Å². The van der Waals surface area contributed by atoms with E-state index in [9.17, 15) is 4.79 Å². The Morgan fingerprint density at radius 3 is 2.41 bits per heavy atom. The quantitative estimate of drug-likeness (QED) is 0.446.